The molecule has 2 rings (SSSR count). The second kappa shape index (κ2) is 6.09. The van der Waals surface area contributed by atoms with E-state index < -0.39 is 5.97 Å². The number of aliphatic hydroxyl groups excluding tert-OH is 1. The van der Waals surface area contributed by atoms with Crippen LogP contribution in [0.5, 0.6) is 0 Å². The Labute approximate surface area is 112 Å². The van der Waals surface area contributed by atoms with Crippen molar-refractivity contribution in [2.75, 3.05) is 6.61 Å². The third-order valence-electron chi connectivity index (χ3n) is 3.31. The second-order valence-electron chi connectivity index (χ2n) is 4.53. The molecule has 1 fully saturated rings. The normalized spacial score (nSPS) is 20.3. The molecular weight excluding hydrogens is 240 g/mol. The average molecular weight is 254 g/mol. The van der Waals surface area contributed by atoms with Gasteiger partial charge in [-0.2, -0.15) is 0 Å². The van der Waals surface area contributed by atoms with E-state index in [1.54, 1.807) is 12.1 Å². The quantitative estimate of drug-likeness (QED) is 0.791. The molecule has 2 N–H and O–H groups in total. The fourth-order valence-corrected chi connectivity index (χ4v) is 1.91. The van der Waals surface area contributed by atoms with Crippen molar-refractivity contribution >= 4 is 5.97 Å². The molecule has 0 amide bonds. The van der Waals surface area contributed by atoms with Crippen LogP contribution in [-0.2, 0) is 0 Å². The summed E-state index contributed by atoms with van der Waals surface area (Å²) in [7, 11) is 0. The summed E-state index contributed by atoms with van der Waals surface area (Å²) in [6.45, 7) is 0.198. The van der Waals surface area contributed by atoms with Gasteiger partial charge in [-0.25, -0.2) is 4.79 Å². The SMILES string of the molecule is O=C(O)c1ccc(C#CC#C[C@H]2CC[C@@H]2CO)cc1. The first-order valence-electron chi connectivity index (χ1n) is 6.16. The van der Waals surface area contributed by atoms with Crippen molar-refractivity contribution in [1.82, 2.24) is 0 Å². The van der Waals surface area contributed by atoms with Gasteiger partial charge in [-0.3, -0.25) is 0 Å². The lowest BCUT2D eigenvalue weighted by molar-refractivity contribution is 0.0697. The second-order valence-corrected chi connectivity index (χ2v) is 4.53. The molecular formula is C16H14O3. The van der Waals surface area contributed by atoms with E-state index in [-0.39, 0.29) is 18.1 Å². The van der Waals surface area contributed by atoms with Crippen LogP contribution in [0.3, 0.4) is 0 Å². The first-order chi connectivity index (χ1) is 9.20. The molecule has 0 aromatic heterocycles. The Balaban J connectivity index is 1.97. The molecule has 0 heterocycles. The predicted octanol–water partition coefficient (Wildman–Crippen LogP) is 1.76. The monoisotopic (exact) mass is 254 g/mol. The minimum absolute atomic E-state index is 0.198. The minimum Gasteiger partial charge on any atom is -0.478 e. The minimum atomic E-state index is -0.945. The maximum atomic E-state index is 10.7. The molecule has 1 aromatic carbocycles. The third-order valence-corrected chi connectivity index (χ3v) is 3.31. The fraction of sp³-hybridized carbons (Fsp3) is 0.312. The number of carboxylic acids is 1. The Hall–Kier alpha value is -2.23. The van der Waals surface area contributed by atoms with E-state index in [2.05, 4.69) is 23.7 Å². The highest BCUT2D eigenvalue weighted by molar-refractivity contribution is 5.87. The van der Waals surface area contributed by atoms with Crippen LogP contribution in [0.4, 0.5) is 0 Å². The number of aromatic carboxylic acids is 1. The van der Waals surface area contributed by atoms with E-state index in [1.165, 1.54) is 12.1 Å². The lowest BCUT2D eigenvalue weighted by Crippen LogP contribution is -2.27. The molecule has 1 saturated carbocycles. The van der Waals surface area contributed by atoms with E-state index in [0.29, 0.717) is 5.92 Å². The molecule has 1 aliphatic carbocycles. The predicted molar refractivity (Wildman–Crippen MR) is 71.4 cm³/mol. The Kier molecular flexibility index (Phi) is 4.23. The summed E-state index contributed by atoms with van der Waals surface area (Å²) < 4.78 is 0. The molecule has 96 valence electrons. The highest BCUT2D eigenvalue weighted by atomic mass is 16.4. The van der Waals surface area contributed by atoms with Crippen LogP contribution >= 0.6 is 0 Å². The van der Waals surface area contributed by atoms with Crippen LogP contribution in [0.1, 0.15) is 28.8 Å². The van der Waals surface area contributed by atoms with E-state index in [0.717, 1.165) is 18.4 Å². The van der Waals surface area contributed by atoms with E-state index in [9.17, 15) is 4.79 Å². The molecule has 0 saturated heterocycles. The van der Waals surface area contributed by atoms with Crippen LogP contribution in [0.25, 0.3) is 0 Å². The van der Waals surface area contributed by atoms with E-state index >= 15 is 0 Å². The van der Waals surface area contributed by atoms with Gasteiger partial charge < -0.3 is 10.2 Å². The van der Waals surface area contributed by atoms with Crippen molar-refractivity contribution in [1.29, 1.82) is 0 Å². The topological polar surface area (TPSA) is 57.5 Å². The molecule has 0 unspecified atom stereocenters. The summed E-state index contributed by atoms with van der Waals surface area (Å²) in [5.74, 6) is 11.1. The summed E-state index contributed by atoms with van der Waals surface area (Å²) >= 11 is 0. The fourth-order valence-electron chi connectivity index (χ4n) is 1.91. The standard InChI is InChI=1S/C16H14O3/c17-11-15-10-9-13(15)4-2-1-3-12-5-7-14(8-6-12)16(18)19/h5-8,13,15,17H,9-11H2,(H,18,19)/t13-,15+/m0/s1. The zero-order chi connectivity index (χ0) is 13.7. The van der Waals surface area contributed by atoms with Gasteiger partial charge >= 0.3 is 5.97 Å². The molecule has 19 heavy (non-hydrogen) atoms. The maximum absolute atomic E-state index is 10.7. The van der Waals surface area contributed by atoms with Crippen molar-refractivity contribution in [3.63, 3.8) is 0 Å². The van der Waals surface area contributed by atoms with E-state index in [1.807, 2.05) is 0 Å². The zero-order valence-electron chi connectivity index (χ0n) is 10.4. The molecule has 3 heteroatoms. The summed E-state index contributed by atoms with van der Waals surface area (Å²) in [4.78, 5) is 10.7. The van der Waals surface area contributed by atoms with Gasteiger partial charge in [-0.1, -0.05) is 11.8 Å². The highest BCUT2D eigenvalue weighted by Gasteiger charge is 2.28. The molecule has 0 spiro atoms. The molecule has 0 aliphatic heterocycles. The molecule has 1 aliphatic rings. The number of carbonyl (C=O) groups is 1. The number of rotatable bonds is 2. The lowest BCUT2D eigenvalue weighted by Gasteiger charge is -2.30. The van der Waals surface area contributed by atoms with Crippen molar-refractivity contribution in [3.05, 3.63) is 35.4 Å². The van der Waals surface area contributed by atoms with E-state index in [4.69, 9.17) is 10.2 Å². The molecule has 3 nitrogen and oxygen atoms in total. The Morgan fingerprint density at radius 1 is 1.21 bits per heavy atom. The van der Waals surface area contributed by atoms with Gasteiger partial charge in [0, 0.05) is 18.1 Å². The third kappa shape index (κ3) is 3.37. The number of aliphatic hydroxyl groups is 1. The van der Waals surface area contributed by atoms with Gasteiger partial charge in [-0.05, 0) is 54.9 Å². The number of benzene rings is 1. The Bertz CT molecular complexity index is 576. The van der Waals surface area contributed by atoms with Gasteiger partial charge in [0.1, 0.15) is 0 Å². The summed E-state index contributed by atoms with van der Waals surface area (Å²) in [6.07, 6.45) is 2.08. The molecule has 0 radical (unpaired) electrons. The lowest BCUT2D eigenvalue weighted by atomic mass is 9.75. The molecule has 1 aromatic rings. The zero-order valence-corrected chi connectivity index (χ0v) is 10.4. The number of hydrogen-bond donors (Lipinski definition) is 2. The van der Waals surface area contributed by atoms with Crippen LogP contribution < -0.4 is 0 Å². The van der Waals surface area contributed by atoms with Crippen LogP contribution in [0.15, 0.2) is 24.3 Å². The smallest absolute Gasteiger partial charge is 0.335 e. The first-order valence-corrected chi connectivity index (χ1v) is 6.16. The molecule has 2 atom stereocenters. The largest absolute Gasteiger partial charge is 0.478 e. The summed E-state index contributed by atoms with van der Waals surface area (Å²) in [5, 5.41) is 17.8. The van der Waals surface area contributed by atoms with Crippen LogP contribution in [0, 0.1) is 35.5 Å². The average Bonchev–Trinajstić information content (AvgIpc) is 2.38. The Morgan fingerprint density at radius 2 is 1.95 bits per heavy atom. The number of carboxylic acid groups (broad SMARTS) is 1. The first kappa shape index (κ1) is 13.2. The van der Waals surface area contributed by atoms with Gasteiger partial charge in [0.25, 0.3) is 0 Å². The van der Waals surface area contributed by atoms with Crippen molar-refractivity contribution in [2.24, 2.45) is 11.8 Å². The van der Waals surface area contributed by atoms with Gasteiger partial charge in [0.15, 0.2) is 0 Å². The van der Waals surface area contributed by atoms with Crippen molar-refractivity contribution < 1.29 is 15.0 Å². The summed E-state index contributed by atoms with van der Waals surface area (Å²) in [6, 6.07) is 6.37. The van der Waals surface area contributed by atoms with Crippen molar-refractivity contribution in [2.45, 2.75) is 12.8 Å². The Morgan fingerprint density at radius 3 is 2.47 bits per heavy atom. The highest BCUT2D eigenvalue weighted by Crippen LogP contribution is 2.32. The summed E-state index contributed by atoms with van der Waals surface area (Å²) in [5.41, 5.74) is 0.989. The van der Waals surface area contributed by atoms with Gasteiger partial charge in [-0.15, -0.1) is 0 Å². The van der Waals surface area contributed by atoms with Crippen LogP contribution in [0.2, 0.25) is 0 Å². The van der Waals surface area contributed by atoms with Crippen molar-refractivity contribution in [3.8, 4) is 23.7 Å². The van der Waals surface area contributed by atoms with Gasteiger partial charge in [0.05, 0.1) is 5.56 Å². The van der Waals surface area contributed by atoms with Gasteiger partial charge in [0.2, 0.25) is 0 Å². The molecule has 0 bridgehead atoms. The maximum Gasteiger partial charge on any atom is 0.335 e. The number of hydrogen-bond acceptors (Lipinski definition) is 2. The van der Waals surface area contributed by atoms with Crippen LogP contribution in [-0.4, -0.2) is 22.8 Å².